The van der Waals surface area contributed by atoms with E-state index in [1.807, 2.05) is 5.38 Å². The van der Waals surface area contributed by atoms with Gasteiger partial charge < -0.3 is 15.5 Å². The molecule has 2 heterocycles. The van der Waals surface area contributed by atoms with E-state index >= 15 is 0 Å². The van der Waals surface area contributed by atoms with Gasteiger partial charge in [0, 0.05) is 37.0 Å². The third kappa shape index (κ3) is 4.86. The van der Waals surface area contributed by atoms with Gasteiger partial charge in [-0.1, -0.05) is 0 Å². The van der Waals surface area contributed by atoms with Crippen LogP contribution < -0.4 is 10.6 Å². The molecular weight excluding hydrogens is 290 g/mol. The van der Waals surface area contributed by atoms with Crippen LogP contribution >= 0.6 is 11.3 Å². The minimum atomic E-state index is -0.229. The maximum Gasteiger partial charge on any atom is 0.252 e. The molecule has 1 aliphatic rings. The zero-order valence-corrected chi connectivity index (χ0v) is 12.6. The van der Waals surface area contributed by atoms with Gasteiger partial charge in [-0.2, -0.15) is 11.3 Å². The van der Waals surface area contributed by atoms with E-state index in [0.29, 0.717) is 5.56 Å². The van der Waals surface area contributed by atoms with Gasteiger partial charge >= 0.3 is 0 Å². The Morgan fingerprint density at radius 3 is 2.62 bits per heavy atom. The van der Waals surface area contributed by atoms with E-state index in [1.165, 1.54) is 11.3 Å². The number of hydrogen-bond donors (Lipinski definition) is 2. The molecule has 114 valence electrons. The van der Waals surface area contributed by atoms with Crippen molar-refractivity contribution < 1.29 is 14.4 Å². The lowest BCUT2D eigenvalue weighted by molar-refractivity contribution is -0.132. The Kier molecular flexibility index (Phi) is 5.74. The number of amides is 3. The maximum absolute atomic E-state index is 11.7. The van der Waals surface area contributed by atoms with Crippen LogP contribution in [0.25, 0.3) is 0 Å². The summed E-state index contributed by atoms with van der Waals surface area (Å²) in [4.78, 5) is 36.7. The largest absolute Gasteiger partial charge is 0.351 e. The van der Waals surface area contributed by atoms with Crippen molar-refractivity contribution in [1.29, 1.82) is 0 Å². The summed E-state index contributed by atoms with van der Waals surface area (Å²) in [6, 6.07) is 1.73. The van der Waals surface area contributed by atoms with Crippen molar-refractivity contribution in [2.45, 2.75) is 19.3 Å². The fourth-order valence-corrected chi connectivity index (χ4v) is 2.76. The van der Waals surface area contributed by atoms with Gasteiger partial charge in [0.05, 0.1) is 6.54 Å². The molecule has 0 aliphatic carbocycles. The summed E-state index contributed by atoms with van der Waals surface area (Å²) in [7, 11) is 0. The lowest BCUT2D eigenvalue weighted by atomic mass is 10.3. The number of carbonyl (C=O) groups is 3. The molecule has 0 bridgehead atoms. The van der Waals surface area contributed by atoms with Gasteiger partial charge in [0.15, 0.2) is 0 Å². The number of likely N-dealkylation sites (tertiary alicyclic amines) is 1. The first-order chi connectivity index (χ1) is 10.2. The zero-order valence-electron chi connectivity index (χ0n) is 11.8. The van der Waals surface area contributed by atoms with E-state index in [2.05, 4.69) is 10.6 Å². The van der Waals surface area contributed by atoms with Gasteiger partial charge in [0.2, 0.25) is 11.8 Å². The second kappa shape index (κ2) is 7.78. The number of carbonyl (C=O) groups excluding carboxylic acids is 3. The first kappa shape index (κ1) is 15.5. The van der Waals surface area contributed by atoms with E-state index in [-0.39, 0.29) is 37.2 Å². The highest BCUT2D eigenvalue weighted by atomic mass is 32.1. The highest BCUT2D eigenvalue weighted by molar-refractivity contribution is 7.08. The molecule has 3 amide bonds. The predicted molar refractivity (Wildman–Crippen MR) is 80.1 cm³/mol. The van der Waals surface area contributed by atoms with E-state index < -0.39 is 0 Å². The zero-order chi connectivity index (χ0) is 15.1. The lowest BCUT2D eigenvalue weighted by Gasteiger charge is -2.15. The molecule has 1 aromatic heterocycles. The summed E-state index contributed by atoms with van der Waals surface area (Å²) < 4.78 is 0. The molecular formula is C14H19N3O3S. The molecule has 21 heavy (non-hydrogen) atoms. The van der Waals surface area contributed by atoms with Crippen molar-refractivity contribution >= 4 is 29.1 Å². The molecule has 0 radical (unpaired) electrons. The summed E-state index contributed by atoms with van der Waals surface area (Å²) in [5.74, 6) is -0.450. The van der Waals surface area contributed by atoms with Crippen LogP contribution in [0, 0.1) is 0 Å². The van der Waals surface area contributed by atoms with E-state index in [0.717, 1.165) is 25.9 Å². The van der Waals surface area contributed by atoms with Crippen LogP contribution in [0.2, 0.25) is 0 Å². The first-order valence-corrected chi connectivity index (χ1v) is 7.96. The molecule has 1 fully saturated rings. The molecule has 0 unspecified atom stereocenters. The van der Waals surface area contributed by atoms with Crippen molar-refractivity contribution in [3.05, 3.63) is 22.4 Å². The molecule has 0 atom stereocenters. The minimum Gasteiger partial charge on any atom is -0.351 e. The van der Waals surface area contributed by atoms with Gasteiger partial charge in [-0.25, -0.2) is 0 Å². The third-order valence-corrected chi connectivity index (χ3v) is 4.00. The highest BCUT2D eigenvalue weighted by Gasteiger charge is 2.18. The minimum absolute atomic E-state index is 0.0387. The quantitative estimate of drug-likeness (QED) is 0.808. The fraction of sp³-hybridized carbons (Fsp3) is 0.500. The molecule has 0 aromatic carbocycles. The van der Waals surface area contributed by atoms with Crippen LogP contribution in [-0.4, -0.2) is 48.8 Å². The monoisotopic (exact) mass is 309 g/mol. The van der Waals surface area contributed by atoms with Gasteiger partial charge in [-0.3, -0.25) is 14.4 Å². The number of rotatable bonds is 6. The van der Waals surface area contributed by atoms with Crippen molar-refractivity contribution in [1.82, 2.24) is 15.5 Å². The van der Waals surface area contributed by atoms with Crippen LogP contribution in [0.4, 0.5) is 0 Å². The average Bonchev–Trinajstić information content (AvgIpc) is 3.16. The Labute approximate surface area is 127 Å². The van der Waals surface area contributed by atoms with Gasteiger partial charge in [-0.05, 0) is 24.3 Å². The third-order valence-electron chi connectivity index (χ3n) is 3.32. The second-order valence-electron chi connectivity index (χ2n) is 4.88. The first-order valence-electron chi connectivity index (χ1n) is 7.01. The SMILES string of the molecule is O=C(CCNC(=O)c1ccsc1)NCC(=O)N1CCCC1. The standard InChI is InChI=1S/C14H19N3O3S/c18-12(16-9-13(19)17-6-1-2-7-17)3-5-15-14(20)11-4-8-21-10-11/h4,8,10H,1-3,5-7,9H2,(H,15,20)(H,16,18). The van der Waals surface area contributed by atoms with Crippen LogP contribution in [-0.2, 0) is 9.59 Å². The van der Waals surface area contributed by atoms with Crippen molar-refractivity contribution in [3.8, 4) is 0 Å². The van der Waals surface area contributed by atoms with Gasteiger partial charge in [-0.15, -0.1) is 0 Å². The molecule has 7 heteroatoms. The Balaban J connectivity index is 1.59. The Bertz CT molecular complexity index is 496. The molecule has 2 N–H and O–H groups in total. The Hall–Kier alpha value is -1.89. The molecule has 0 saturated carbocycles. The molecule has 1 aliphatic heterocycles. The normalized spacial score (nSPS) is 14.0. The summed E-state index contributed by atoms with van der Waals surface area (Å²) in [6.07, 6.45) is 2.24. The lowest BCUT2D eigenvalue weighted by Crippen LogP contribution is -2.39. The van der Waals surface area contributed by atoms with E-state index in [1.54, 1.807) is 16.3 Å². The predicted octanol–water partition coefficient (Wildman–Crippen LogP) is 0.607. The average molecular weight is 309 g/mol. The number of hydrogen-bond acceptors (Lipinski definition) is 4. The summed E-state index contributed by atoms with van der Waals surface area (Å²) in [5.41, 5.74) is 0.601. The topological polar surface area (TPSA) is 78.5 Å². The van der Waals surface area contributed by atoms with E-state index in [9.17, 15) is 14.4 Å². The molecule has 2 rings (SSSR count). The van der Waals surface area contributed by atoms with Crippen molar-refractivity contribution in [3.63, 3.8) is 0 Å². The summed E-state index contributed by atoms with van der Waals surface area (Å²) in [5, 5.41) is 8.84. The highest BCUT2D eigenvalue weighted by Crippen LogP contribution is 2.07. The maximum atomic E-state index is 11.7. The molecule has 6 nitrogen and oxygen atoms in total. The van der Waals surface area contributed by atoms with Crippen molar-refractivity contribution in [2.75, 3.05) is 26.2 Å². The smallest absolute Gasteiger partial charge is 0.252 e. The second-order valence-corrected chi connectivity index (χ2v) is 5.66. The number of nitrogens with zero attached hydrogens (tertiary/aromatic N) is 1. The van der Waals surface area contributed by atoms with Crippen molar-refractivity contribution in [2.24, 2.45) is 0 Å². The molecule has 1 saturated heterocycles. The number of thiophene rings is 1. The Morgan fingerprint density at radius 2 is 1.95 bits per heavy atom. The Morgan fingerprint density at radius 1 is 1.19 bits per heavy atom. The van der Waals surface area contributed by atoms with E-state index in [4.69, 9.17) is 0 Å². The van der Waals surface area contributed by atoms with Crippen LogP contribution in [0.1, 0.15) is 29.6 Å². The molecule has 0 spiro atoms. The van der Waals surface area contributed by atoms with Crippen LogP contribution in [0.15, 0.2) is 16.8 Å². The molecule has 1 aromatic rings. The number of nitrogens with one attached hydrogen (secondary N) is 2. The summed E-state index contributed by atoms with van der Waals surface area (Å²) >= 11 is 1.45. The van der Waals surface area contributed by atoms with Crippen LogP contribution in [0.3, 0.4) is 0 Å². The van der Waals surface area contributed by atoms with Gasteiger partial charge in [0.25, 0.3) is 5.91 Å². The fourth-order valence-electron chi connectivity index (χ4n) is 2.13. The van der Waals surface area contributed by atoms with Gasteiger partial charge in [0.1, 0.15) is 0 Å². The summed E-state index contributed by atoms with van der Waals surface area (Å²) in [6.45, 7) is 1.87. The van der Waals surface area contributed by atoms with Crippen LogP contribution in [0.5, 0.6) is 0 Å².